The number of nitrogens with zero attached hydrogens (tertiary/aromatic N) is 2. The first kappa shape index (κ1) is 19.5. The molecule has 4 heteroatoms. The number of nitriles is 1. The number of imide groups is 1. The molecule has 2 amide bonds. The van der Waals surface area contributed by atoms with Crippen LogP contribution in [0.15, 0.2) is 103 Å². The van der Waals surface area contributed by atoms with Crippen LogP contribution in [0.25, 0.3) is 5.57 Å². The molecule has 1 heterocycles. The Hall–Kier alpha value is -4.23. The van der Waals surface area contributed by atoms with Gasteiger partial charge in [0, 0.05) is 11.8 Å². The van der Waals surface area contributed by atoms with Crippen LogP contribution in [0.1, 0.15) is 16.7 Å². The normalized spacial score (nSPS) is 24.8. The lowest BCUT2D eigenvalue weighted by molar-refractivity contribution is -0.122. The lowest BCUT2D eigenvalue weighted by Gasteiger charge is -2.21. The highest BCUT2D eigenvalue weighted by Gasteiger charge is 2.62. The van der Waals surface area contributed by atoms with Crippen LogP contribution in [0.4, 0.5) is 5.69 Å². The van der Waals surface area contributed by atoms with Crippen LogP contribution in [-0.4, -0.2) is 11.8 Å². The van der Waals surface area contributed by atoms with Gasteiger partial charge in [-0.05, 0) is 46.5 Å². The number of rotatable bonds is 3. The van der Waals surface area contributed by atoms with Crippen LogP contribution in [0, 0.1) is 35.0 Å². The van der Waals surface area contributed by atoms with E-state index in [2.05, 4.69) is 42.5 Å². The maximum Gasteiger partial charge on any atom is 0.238 e. The summed E-state index contributed by atoms with van der Waals surface area (Å²) in [5, 5.41) is 9.07. The zero-order valence-corrected chi connectivity index (χ0v) is 17.8. The molecule has 158 valence electrons. The molecule has 33 heavy (non-hydrogen) atoms. The van der Waals surface area contributed by atoms with Crippen molar-refractivity contribution in [3.63, 3.8) is 0 Å². The third-order valence-electron chi connectivity index (χ3n) is 7.08. The molecule has 1 aliphatic heterocycles. The molecule has 0 N–H and O–H groups in total. The molecular formula is C29H20N2O2. The van der Waals surface area contributed by atoms with E-state index in [0.29, 0.717) is 11.3 Å². The molecule has 2 aliphatic carbocycles. The van der Waals surface area contributed by atoms with Gasteiger partial charge in [-0.15, -0.1) is 0 Å². The predicted octanol–water partition coefficient (Wildman–Crippen LogP) is 4.98. The topological polar surface area (TPSA) is 61.2 Å². The van der Waals surface area contributed by atoms with Crippen molar-refractivity contribution in [2.75, 3.05) is 4.90 Å². The summed E-state index contributed by atoms with van der Waals surface area (Å²) in [5.41, 5.74) is 5.53. The van der Waals surface area contributed by atoms with Crippen molar-refractivity contribution in [3.8, 4) is 6.07 Å². The van der Waals surface area contributed by atoms with Crippen LogP contribution in [0.3, 0.4) is 0 Å². The minimum absolute atomic E-state index is 0.102. The van der Waals surface area contributed by atoms with Gasteiger partial charge in [0.05, 0.1) is 29.2 Å². The van der Waals surface area contributed by atoms with Crippen LogP contribution in [0.2, 0.25) is 0 Å². The third kappa shape index (κ3) is 2.83. The Labute approximate surface area is 192 Å². The molecule has 3 aromatic carbocycles. The fourth-order valence-corrected chi connectivity index (χ4v) is 5.75. The predicted molar refractivity (Wildman–Crippen MR) is 126 cm³/mol. The minimum Gasteiger partial charge on any atom is -0.274 e. The maximum absolute atomic E-state index is 13.6. The van der Waals surface area contributed by atoms with E-state index >= 15 is 0 Å². The van der Waals surface area contributed by atoms with Crippen molar-refractivity contribution in [3.05, 3.63) is 119 Å². The van der Waals surface area contributed by atoms with E-state index in [4.69, 9.17) is 5.26 Å². The number of amides is 2. The zero-order valence-electron chi connectivity index (χ0n) is 17.8. The summed E-state index contributed by atoms with van der Waals surface area (Å²) >= 11 is 0. The number of hydrogen-bond donors (Lipinski definition) is 0. The van der Waals surface area contributed by atoms with Crippen molar-refractivity contribution in [2.45, 2.75) is 0 Å². The summed E-state index contributed by atoms with van der Waals surface area (Å²) < 4.78 is 0. The molecule has 3 aromatic rings. The number of allylic oxidation sites excluding steroid dienone is 3. The first-order valence-electron chi connectivity index (χ1n) is 11.1. The molecule has 0 aromatic heterocycles. The molecule has 1 saturated heterocycles. The smallest absolute Gasteiger partial charge is 0.238 e. The molecular weight excluding hydrogens is 408 g/mol. The van der Waals surface area contributed by atoms with Crippen molar-refractivity contribution < 1.29 is 9.59 Å². The molecule has 6 rings (SSSR count). The Bertz CT molecular complexity index is 1290. The van der Waals surface area contributed by atoms with Crippen LogP contribution in [0.5, 0.6) is 0 Å². The van der Waals surface area contributed by atoms with Crippen molar-refractivity contribution >= 4 is 23.1 Å². The Morgan fingerprint density at radius 3 is 1.64 bits per heavy atom. The van der Waals surface area contributed by atoms with Gasteiger partial charge in [-0.3, -0.25) is 9.59 Å². The highest BCUT2D eigenvalue weighted by atomic mass is 16.2. The second-order valence-electron chi connectivity index (χ2n) is 8.72. The van der Waals surface area contributed by atoms with E-state index in [1.807, 2.05) is 36.4 Å². The van der Waals surface area contributed by atoms with Crippen molar-refractivity contribution in [2.24, 2.45) is 23.7 Å². The van der Waals surface area contributed by atoms with Gasteiger partial charge in [0.25, 0.3) is 0 Å². The van der Waals surface area contributed by atoms with Gasteiger partial charge >= 0.3 is 0 Å². The Kier molecular flexibility index (Phi) is 4.38. The summed E-state index contributed by atoms with van der Waals surface area (Å²) in [6, 6.07) is 29.2. The minimum atomic E-state index is -0.388. The van der Waals surface area contributed by atoms with E-state index in [1.54, 1.807) is 24.3 Å². The molecule has 1 saturated carbocycles. The molecule has 3 aliphatic rings. The van der Waals surface area contributed by atoms with Gasteiger partial charge in [0.1, 0.15) is 0 Å². The van der Waals surface area contributed by atoms with Gasteiger partial charge in [-0.25, -0.2) is 4.90 Å². The fraction of sp³-hybridized carbons (Fsp3) is 0.138. The third-order valence-corrected chi connectivity index (χ3v) is 7.08. The molecule has 0 radical (unpaired) electrons. The van der Waals surface area contributed by atoms with Crippen molar-refractivity contribution in [1.29, 1.82) is 5.26 Å². The number of carbonyl (C=O) groups excluding carboxylic acids is 2. The summed E-state index contributed by atoms with van der Waals surface area (Å²) in [6.45, 7) is 0. The summed E-state index contributed by atoms with van der Waals surface area (Å²) in [7, 11) is 0. The van der Waals surface area contributed by atoms with Crippen molar-refractivity contribution in [1.82, 2.24) is 0 Å². The zero-order chi connectivity index (χ0) is 22.5. The number of carbonyl (C=O) groups is 2. The molecule has 0 unspecified atom stereocenters. The molecule has 4 nitrogen and oxygen atoms in total. The first-order valence-corrected chi connectivity index (χ1v) is 11.1. The standard InChI is InChI=1S/C29H20N2O2/c30-17-18-11-13-21(14-12-18)31-28(32)26-22-15-16-23(27(26)29(31)33)25(22)24(19-7-3-1-4-8-19)20-9-5-2-6-10-20/h1-16,22-23,26-27H/t22-,23-,26+,27+/m0/s1. The lowest BCUT2D eigenvalue weighted by atomic mass is 9.85. The SMILES string of the molecule is N#Cc1ccc(N2C(=O)[C@H]3[C@H](C2=O)[C@H]2C=C[C@H]3C2=C(c2ccccc2)c2ccccc2)cc1. The summed E-state index contributed by atoms with van der Waals surface area (Å²) in [5.74, 6) is -1.28. The van der Waals surface area contributed by atoms with Crippen LogP contribution in [-0.2, 0) is 9.59 Å². The van der Waals surface area contributed by atoms with Gasteiger partial charge in [-0.2, -0.15) is 5.26 Å². The first-order chi connectivity index (χ1) is 16.2. The second-order valence-corrected chi connectivity index (χ2v) is 8.72. The van der Waals surface area contributed by atoms with E-state index in [1.165, 1.54) is 10.5 Å². The average molecular weight is 428 g/mol. The highest BCUT2D eigenvalue weighted by Crippen LogP contribution is 2.58. The Balaban J connectivity index is 1.46. The monoisotopic (exact) mass is 428 g/mol. The maximum atomic E-state index is 13.6. The fourth-order valence-electron chi connectivity index (χ4n) is 5.75. The number of anilines is 1. The summed E-state index contributed by atoms with van der Waals surface area (Å²) in [4.78, 5) is 28.5. The van der Waals surface area contributed by atoms with E-state index in [9.17, 15) is 9.59 Å². The average Bonchev–Trinajstić information content (AvgIpc) is 3.50. The van der Waals surface area contributed by atoms with Gasteiger partial charge in [0.2, 0.25) is 11.8 Å². The number of fused-ring (bicyclic) bond motifs is 5. The molecule has 2 fully saturated rings. The van der Waals surface area contributed by atoms with Gasteiger partial charge < -0.3 is 0 Å². The van der Waals surface area contributed by atoms with E-state index in [-0.39, 0.29) is 35.5 Å². The second kappa shape index (κ2) is 7.43. The largest absolute Gasteiger partial charge is 0.274 e. The Morgan fingerprint density at radius 1 is 0.697 bits per heavy atom. The number of hydrogen-bond acceptors (Lipinski definition) is 3. The van der Waals surface area contributed by atoms with Gasteiger partial charge in [-0.1, -0.05) is 72.8 Å². The molecule has 2 bridgehead atoms. The van der Waals surface area contributed by atoms with Gasteiger partial charge in [0.15, 0.2) is 0 Å². The van der Waals surface area contributed by atoms with E-state index < -0.39 is 0 Å². The molecule has 4 atom stereocenters. The quantitative estimate of drug-likeness (QED) is 0.437. The lowest BCUT2D eigenvalue weighted by Crippen LogP contribution is -2.33. The highest BCUT2D eigenvalue weighted by molar-refractivity contribution is 6.23. The Morgan fingerprint density at radius 2 is 1.18 bits per heavy atom. The van der Waals surface area contributed by atoms with Crippen LogP contribution < -0.4 is 4.90 Å². The van der Waals surface area contributed by atoms with E-state index in [0.717, 1.165) is 16.7 Å². The molecule has 0 spiro atoms. The van der Waals surface area contributed by atoms with Crippen LogP contribution >= 0.6 is 0 Å². The number of benzene rings is 3. The summed E-state index contributed by atoms with van der Waals surface area (Å²) in [6.07, 6.45) is 4.22.